The third-order valence-electron chi connectivity index (χ3n) is 3.84. The molecule has 0 bridgehead atoms. The number of nitrogens with zero attached hydrogens (tertiary/aromatic N) is 1. The number of fused-ring (bicyclic) bond motifs is 1. The minimum absolute atomic E-state index is 0.698. The predicted molar refractivity (Wildman–Crippen MR) is 103 cm³/mol. The fourth-order valence-corrected chi connectivity index (χ4v) is 2.39. The van der Waals surface area contributed by atoms with E-state index in [-0.39, 0.29) is 0 Å². The lowest BCUT2D eigenvalue weighted by Gasteiger charge is -2.00. The van der Waals surface area contributed by atoms with Crippen LogP contribution in [0.1, 0.15) is 21.6 Å². The van der Waals surface area contributed by atoms with E-state index in [0.29, 0.717) is 5.56 Å². The first-order valence-electron chi connectivity index (χ1n) is 7.96. The van der Waals surface area contributed by atoms with E-state index in [2.05, 4.69) is 52.2 Å². The number of rotatable bonds is 4. The van der Waals surface area contributed by atoms with E-state index in [0.717, 1.165) is 24.7 Å². The number of aldehydes is 1. The molecule has 3 aromatic rings. The zero-order chi connectivity index (χ0) is 19.9. The molecule has 0 fully saturated rings. The van der Waals surface area contributed by atoms with Gasteiger partial charge in [-0.1, -0.05) is 36.4 Å². The molecule has 0 spiro atoms. The van der Waals surface area contributed by atoms with Gasteiger partial charge in [0.15, 0.2) is 0 Å². The highest BCUT2D eigenvalue weighted by Gasteiger charge is 2.07. The van der Waals surface area contributed by atoms with Crippen LogP contribution in [0.2, 0.25) is 0 Å². The topological polar surface area (TPSA) is 87.4 Å². The van der Waals surface area contributed by atoms with Gasteiger partial charge >= 0.3 is 0 Å². The zero-order valence-electron chi connectivity index (χ0n) is 14.9. The van der Waals surface area contributed by atoms with Gasteiger partial charge in [0.2, 0.25) is 21.6 Å². The number of benzene rings is 2. The van der Waals surface area contributed by atoms with Crippen molar-refractivity contribution < 1.29 is 26.5 Å². The number of aryl methyl sites for hydroxylation is 1. The molecule has 1 aromatic heterocycles. The van der Waals surface area contributed by atoms with Gasteiger partial charge in [-0.3, -0.25) is 8.98 Å². The summed E-state index contributed by atoms with van der Waals surface area (Å²) >= 11 is 0. The summed E-state index contributed by atoms with van der Waals surface area (Å²) in [6.45, 7) is 0. The van der Waals surface area contributed by atoms with Crippen LogP contribution in [-0.2, 0) is 21.6 Å². The smallest absolute Gasteiger partial charge is 0.217 e. The second-order valence-corrected chi connectivity index (χ2v) is 6.72. The van der Waals surface area contributed by atoms with Crippen LogP contribution in [0.25, 0.3) is 23.1 Å². The summed E-state index contributed by atoms with van der Waals surface area (Å²) < 4.78 is 33.2. The van der Waals surface area contributed by atoms with Crippen molar-refractivity contribution in [3.8, 4) is 0 Å². The average molecular weight is 385 g/mol. The molecular weight excluding hydrogens is 366 g/mol. The van der Waals surface area contributed by atoms with Gasteiger partial charge < -0.3 is 4.55 Å². The Morgan fingerprint density at radius 2 is 1.52 bits per heavy atom. The SMILES string of the molecule is COS(=O)(=O)[O-].C[n+]1c(C=Cc2ccc(C=O)cc2)ccc2ccccc21. The normalized spacial score (nSPS) is 11.2. The van der Waals surface area contributed by atoms with Gasteiger partial charge in [-0.15, -0.1) is 0 Å². The second-order valence-electron chi connectivity index (χ2n) is 5.57. The number of para-hydroxylation sites is 1. The Balaban J connectivity index is 0.000000380. The lowest BCUT2D eigenvalue weighted by Crippen LogP contribution is -2.32. The lowest BCUT2D eigenvalue weighted by molar-refractivity contribution is -0.646. The minimum Gasteiger partial charge on any atom is -0.726 e. The first-order valence-corrected chi connectivity index (χ1v) is 9.30. The van der Waals surface area contributed by atoms with Gasteiger partial charge in [-0.25, -0.2) is 8.42 Å². The molecule has 3 rings (SSSR count). The number of pyridine rings is 1. The Kier molecular flexibility index (Phi) is 6.95. The van der Waals surface area contributed by atoms with E-state index < -0.39 is 10.4 Å². The summed E-state index contributed by atoms with van der Waals surface area (Å²) in [4.78, 5) is 10.6. The van der Waals surface area contributed by atoms with Crippen molar-refractivity contribution in [1.29, 1.82) is 0 Å². The van der Waals surface area contributed by atoms with Crippen molar-refractivity contribution in [2.24, 2.45) is 7.05 Å². The van der Waals surface area contributed by atoms with Crippen LogP contribution in [0.15, 0.2) is 60.7 Å². The number of hydrogen-bond acceptors (Lipinski definition) is 5. The molecule has 6 nitrogen and oxygen atoms in total. The van der Waals surface area contributed by atoms with Gasteiger partial charge in [0.1, 0.15) is 13.3 Å². The number of carbonyl (C=O) groups is 1. The molecular formula is C20H19NO5S. The second kappa shape index (κ2) is 9.18. The summed E-state index contributed by atoms with van der Waals surface area (Å²) in [6, 6.07) is 20.1. The highest BCUT2D eigenvalue weighted by Crippen LogP contribution is 2.12. The van der Waals surface area contributed by atoms with Crippen molar-refractivity contribution in [3.63, 3.8) is 0 Å². The molecule has 27 heavy (non-hydrogen) atoms. The first-order chi connectivity index (χ1) is 12.8. The molecule has 0 unspecified atom stereocenters. The number of aromatic nitrogens is 1. The van der Waals surface area contributed by atoms with Crippen LogP contribution in [0.3, 0.4) is 0 Å². The maximum Gasteiger partial charge on any atom is 0.217 e. The third-order valence-corrected chi connectivity index (χ3v) is 4.25. The summed E-state index contributed by atoms with van der Waals surface area (Å²) in [7, 11) is -1.54. The number of hydrogen-bond donors (Lipinski definition) is 0. The van der Waals surface area contributed by atoms with Crippen LogP contribution in [0.5, 0.6) is 0 Å². The molecule has 0 aliphatic rings. The summed E-state index contributed by atoms with van der Waals surface area (Å²) in [5.41, 5.74) is 4.11. The van der Waals surface area contributed by atoms with Crippen molar-refractivity contribution in [2.75, 3.05) is 7.11 Å². The van der Waals surface area contributed by atoms with Gasteiger partial charge in [0.25, 0.3) is 0 Å². The largest absolute Gasteiger partial charge is 0.726 e. The molecule has 7 heteroatoms. The lowest BCUT2D eigenvalue weighted by atomic mass is 10.1. The predicted octanol–water partition coefficient (Wildman–Crippen LogP) is 2.74. The summed E-state index contributed by atoms with van der Waals surface area (Å²) in [6.07, 6.45) is 5.00. The Labute approximate surface area is 158 Å². The Morgan fingerprint density at radius 1 is 0.926 bits per heavy atom. The first kappa shape index (κ1) is 20.4. The molecule has 0 aliphatic carbocycles. The van der Waals surface area contributed by atoms with Crippen molar-refractivity contribution in [1.82, 2.24) is 0 Å². The molecule has 0 saturated carbocycles. The third kappa shape index (κ3) is 6.10. The Morgan fingerprint density at radius 3 is 2.11 bits per heavy atom. The van der Waals surface area contributed by atoms with Gasteiger partial charge in [0.05, 0.1) is 7.11 Å². The van der Waals surface area contributed by atoms with Gasteiger partial charge in [-0.05, 0) is 23.8 Å². The average Bonchev–Trinajstić information content (AvgIpc) is 2.68. The summed E-state index contributed by atoms with van der Waals surface area (Å²) in [5.74, 6) is 0. The van der Waals surface area contributed by atoms with Gasteiger partial charge in [-0.2, -0.15) is 4.57 Å². The highest BCUT2D eigenvalue weighted by molar-refractivity contribution is 7.80. The Hall–Kier alpha value is -2.87. The van der Waals surface area contributed by atoms with E-state index in [1.54, 1.807) is 0 Å². The number of carbonyl (C=O) groups excluding carboxylic acids is 1. The monoisotopic (exact) mass is 385 g/mol. The molecule has 1 heterocycles. The van der Waals surface area contributed by atoms with Crippen molar-refractivity contribution in [3.05, 3.63) is 77.5 Å². The molecule has 0 saturated heterocycles. The van der Waals surface area contributed by atoms with Crippen LogP contribution >= 0.6 is 0 Å². The molecule has 0 N–H and O–H groups in total. The molecule has 0 amide bonds. The fraction of sp³-hybridized carbons (Fsp3) is 0.100. The van der Waals surface area contributed by atoms with Crippen molar-refractivity contribution >= 4 is 39.7 Å². The minimum atomic E-state index is -4.41. The van der Waals surface area contributed by atoms with Crippen LogP contribution in [0.4, 0.5) is 0 Å². The molecule has 2 aromatic carbocycles. The van der Waals surface area contributed by atoms with E-state index in [9.17, 15) is 17.8 Å². The quantitative estimate of drug-likeness (QED) is 0.298. The maximum atomic E-state index is 10.6. The standard InChI is InChI=1S/C19H16NO.CH4O4S/c1-20-18(13-11-17-4-2-3-5-19(17)20)12-10-15-6-8-16(14-21)9-7-15;1-5-6(2,3)4/h2-14H,1H3;1H3,(H,2,3,4)/q+1;/p-1. The maximum absolute atomic E-state index is 10.6. The molecule has 0 atom stereocenters. The van der Waals surface area contributed by atoms with E-state index in [1.807, 2.05) is 36.4 Å². The van der Waals surface area contributed by atoms with E-state index in [4.69, 9.17) is 0 Å². The molecule has 140 valence electrons. The van der Waals surface area contributed by atoms with Crippen molar-refractivity contribution in [2.45, 2.75) is 0 Å². The van der Waals surface area contributed by atoms with Crippen LogP contribution in [-0.4, -0.2) is 26.4 Å². The van der Waals surface area contributed by atoms with Gasteiger partial charge in [0, 0.05) is 29.2 Å². The fourth-order valence-electron chi connectivity index (χ4n) is 2.39. The summed E-state index contributed by atoms with van der Waals surface area (Å²) in [5, 5.41) is 1.23. The van der Waals surface area contributed by atoms with Crippen LogP contribution in [0, 0.1) is 0 Å². The zero-order valence-corrected chi connectivity index (χ0v) is 15.7. The molecule has 0 aliphatic heterocycles. The van der Waals surface area contributed by atoms with Crippen LogP contribution < -0.4 is 4.57 Å². The molecule has 0 radical (unpaired) electrons. The Bertz CT molecular complexity index is 1060. The highest BCUT2D eigenvalue weighted by atomic mass is 32.3. The van der Waals surface area contributed by atoms with E-state index >= 15 is 0 Å². The van der Waals surface area contributed by atoms with E-state index in [1.165, 1.54) is 10.9 Å².